The Morgan fingerprint density at radius 1 is 1.04 bits per heavy atom. The maximum Gasteiger partial charge on any atom is 0.449 e. The number of aryl methyl sites for hydroxylation is 1. The number of rotatable bonds is 3. The van der Waals surface area contributed by atoms with Gasteiger partial charge in [-0.05, 0) is 36.4 Å². The van der Waals surface area contributed by atoms with Crippen LogP contribution < -0.4 is 0 Å². The zero-order valence-corrected chi connectivity index (χ0v) is 13.9. The lowest BCUT2D eigenvalue weighted by Gasteiger charge is -2.10. The summed E-state index contributed by atoms with van der Waals surface area (Å²) in [5.41, 5.74) is 4.08. The van der Waals surface area contributed by atoms with E-state index < -0.39 is 12.0 Å². The van der Waals surface area contributed by atoms with Crippen LogP contribution in [0.4, 0.5) is 13.2 Å². The van der Waals surface area contributed by atoms with Crippen LogP contribution in [0.3, 0.4) is 0 Å². The van der Waals surface area contributed by atoms with Gasteiger partial charge in [-0.3, -0.25) is 0 Å². The number of imidazole rings is 1. The summed E-state index contributed by atoms with van der Waals surface area (Å²) < 4.78 is 38.2. The second kappa shape index (κ2) is 6.36. The van der Waals surface area contributed by atoms with Crippen LogP contribution >= 0.6 is 11.8 Å². The summed E-state index contributed by atoms with van der Waals surface area (Å²) in [7, 11) is 0. The molecule has 3 aromatic rings. The van der Waals surface area contributed by atoms with E-state index in [1.807, 2.05) is 43.5 Å². The van der Waals surface area contributed by atoms with Gasteiger partial charge in [0.15, 0.2) is 0 Å². The molecule has 6 heteroatoms. The molecule has 0 spiro atoms. The van der Waals surface area contributed by atoms with E-state index in [2.05, 4.69) is 16.0 Å². The van der Waals surface area contributed by atoms with Crippen LogP contribution in [0.1, 0.15) is 11.4 Å². The molecule has 0 saturated carbocycles. The Morgan fingerprint density at radius 2 is 1.83 bits per heavy atom. The summed E-state index contributed by atoms with van der Waals surface area (Å²) in [6, 6.07) is 13.6. The fraction of sp³-hybridized carbons (Fsp3) is 0.167. The van der Waals surface area contributed by atoms with Crippen LogP contribution in [0.2, 0.25) is 0 Å². The third kappa shape index (κ3) is 3.33. The quantitative estimate of drug-likeness (QED) is 0.607. The fourth-order valence-corrected chi connectivity index (χ4v) is 3.12. The summed E-state index contributed by atoms with van der Waals surface area (Å²) in [6.45, 7) is 2.01. The second-order valence-electron chi connectivity index (χ2n) is 5.42. The molecule has 0 aliphatic rings. The minimum absolute atomic E-state index is 0.281. The maximum absolute atomic E-state index is 12.7. The SMILES string of the molecule is CSc1ccc(-c2c[nH]c(C(F)(F)F)n2)cc1-c1cccc(C)c1. The van der Waals surface area contributed by atoms with Crippen molar-refractivity contribution in [1.82, 2.24) is 9.97 Å². The van der Waals surface area contributed by atoms with Crippen molar-refractivity contribution < 1.29 is 13.2 Å². The number of benzene rings is 2. The molecule has 0 aliphatic carbocycles. The van der Waals surface area contributed by atoms with E-state index in [9.17, 15) is 13.2 Å². The van der Waals surface area contributed by atoms with Gasteiger partial charge in [-0.1, -0.05) is 35.9 Å². The Hall–Kier alpha value is -2.21. The van der Waals surface area contributed by atoms with E-state index in [0.29, 0.717) is 5.56 Å². The topological polar surface area (TPSA) is 28.7 Å². The van der Waals surface area contributed by atoms with Gasteiger partial charge in [0.25, 0.3) is 0 Å². The normalized spacial score (nSPS) is 11.7. The van der Waals surface area contributed by atoms with Gasteiger partial charge in [-0.2, -0.15) is 13.2 Å². The maximum atomic E-state index is 12.7. The molecule has 2 aromatic carbocycles. The van der Waals surface area contributed by atoms with Crippen LogP contribution in [-0.4, -0.2) is 16.2 Å². The molecule has 0 bridgehead atoms. The van der Waals surface area contributed by atoms with Crippen LogP contribution in [0.15, 0.2) is 53.6 Å². The van der Waals surface area contributed by atoms with E-state index in [1.165, 1.54) is 6.20 Å². The summed E-state index contributed by atoms with van der Waals surface area (Å²) in [5, 5.41) is 0. The monoisotopic (exact) mass is 348 g/mol. The zero-order valence-electron chi connectivity index (χ0n) is 13.1. The molecule has 1 N–H and O–H groups in total. The van der Waals surface area contributed by atoms with Gasteiger partial charge in [-0.25, -0.2) is 4.98 Å². The summed E-state index contributed by atoms with van der Waals surface area (Å²) in [6.07, 6.45) is -1.21. The van der Waals surface area contributed by atoms with Crippen LogP contribution in [0, 0.1) is 6.92 Å². The molecule has 124 valence electrons. The van der Waals surface area contributed by atoms with Crippen molar-refractivity contribution in [2.45, 2.75) is 18.0 Å². The molecule has 0 fully saturated rings. The number of aromatic amines is 1. The van der Waals surface area contributed by atoms with Gasteiger partial charge >= 0.3 is 6.18 Å². The standard InChI is InChI=1S/C18H15F3N2S/c1-11-4-3-5-12(8-11)14-9-13(6-7-16(14)24-2)15-10-22-17(23-15)18(19,20)21/h3-10H,1-2H3,(H,22,23). The van der Waals surface area contributed by atoms with Gasteiger partial charge in [-0.15, -0.1) is 11.8 Å². The number of nitrogens with zero attached hydrogens (tertiary/aromatic N) is 1. The van der Waals surface area contributed by atoms with Crippen LogP contribution in [0.25, 0.3) is 22.4 Å². The third-order valence-corrected chi connectivity index (χ3v) is 4.47. The van der Waals surface area contributed by atoms with Crippen molar-refractivity contribution in [3.05, 3.63) is 60.0 Å². The molecule has 0 radical (unpaired) electrons. The van der Waals surface area contributed by atoms with Gasteiger partial charge in [0.2, 0.25) is 5.82 Å². The molecule has 0 saturated heterocycles. The Morgan fingerprint density at radius 3 is 2.46 bits per heavy atom. The van der Waals surface area contributed by atoms with Crippen molar-refractivity contribution >= 4 is 11.8 Å². The number of thioether (sulfide) groups is 1. The van der Waals surface area contributed by atoms with Crippen molar-refractivity contribution in [2.24, 2.45) is 0 Å². The average molecular weight is 348 g/mol. The Balaban J connectivity index is 2.08. The average Bonchev–Trinajstić information content (AvgIpc) is 3.04. The molecule has 0 amide bonds. The summed E-state index contributed by atoms with van der Waals surface area (Å²) >= 11 is 1.60. The van der Waals surface area contributed by atoms with Gasteiger partial charge in [0.1, 0.15) is 0 Å². The largest absolute Gasteiger partial charge is 0.449 e. The van der Waals surface area contributed by atoms with E-state index in [0.717, 1.165) is 21.6 Å². The Labute approximate surface area is 142 Å². The highest BCUT2D eigenvalue weighted by atomic mass is 32.2. The highest BCUT2D eigenvalue weighted by Gasteiger charge is 2.34. The molecule has 3 rings (SSSR count). The highest BCUT2D eigenvalue weighted by molar-refractivity contribution is 7.98. The molecule has 24 heavy (non-hydrogen) atoms. The number of H-pyrrole nitrogens is 1. The first-order chi connectivity index (χ1) is 11.4. The summed E-state index contributed by atoms with van der Waals surface area (Å²) in [4.78, 5) is 6.94. The zero-order chi connectivity index (χ0) is 17.3. The van der Waals surface area contributed by atoms with E-state index >= 15 is 0 Å². The number of alkyl halides is 3. The number of halogens is 3. The molecule has 0 unspecified atom stereocenters. The van der Waals surface area contributed by atoms with Crippen molar-refractivity contribution in [3.63, 3.8) is 0 Å². The lowest BCUT2D eigenvalue weighted by atomic mass is 10.0. The minimum Gasteiger partial charge on any atom is -0.340 e. The van der Waals surface area contributed by atoms with E-state index in [4.69, 9.17) is 0 Å². The van der Waals surface area contributed by atoms with Crippen molar-refractivity contribution in [1.29, 1.82) is 0 Å². The number of nitrogens with one attached hydrogen (secondary N) is 1. The third-order valence-electron chi connectivity index (χ3n) is 3.67. The molecule has 0 atom stereocenters. The summed E-state index contributed by atoms with van der Waals surface area (Å²) in [5.74, 6) is -0.983. The van der Waals surface area contributed by atoms with Gasteiger partial charge < -0.3 is 4.98 Å². The Bertz CT molecular complexity index is 869. The van der Waals surface area contributed by atoms with Crippen LogP contribution in [0.5, 0.6) is 0 Å². The highest BCUT2D eigenvalue weighted by Crippen LogP contribution is 2.35. The first-order valence-electron chi connectivity index (χ1n) is 7.26. The molecule has 1 heterocycles. The number of aromatic nitrogens is 2. The minimum atomic E-state index is -4.48. The molecule has 2 nitrogen and oxygen atoms in total. The first-order valence-corrected chi connectivity index (χ1v) is 8.49. The smallest absolute Gasteiger partial charge is 0.340 e. The van der Waals surface area contributed by atoms with Crippen molar-refractivity contribution in [2.75, 3.05) is 6.26 Å². The molecular formula is C18H15F3N2S. The molecule has 1 aromatic heterocycles. The van der Waals surface area contributed by atoms with E-state index in [1.54, 1.807) is 17.8 Å². The van der Waals surface area contributed by atoms with E-state index in [-0.39, 0.29) is 5.69 Å². The molecular weight excluding hydrogens is 333 g/mol. The lowest BCUT2D eigenvalue weighted by Crippen LogP contribution is -2.07. The number of hydrogen-bond acceptors (Lipinski definition) is 2. The first kappa shape index (κ1) is 16.6. The predicted octanol–water partition coefficient (Wildman–Crippen LogP) is 5.79. The lowest BCUT2D eigenvalue weighted by molar-refractivity contribution is -0.144. The second-order valence-corrected chi connectivity index (χ2v) is 6.26. The predicted molar refractivity (Wildman–Crippen MR) is 91.0 cm³/mol. The Kier molecular flexibility index (Phi) is 4.41. The van der Waals surface area contributed by atoms with Gasteiger partial charge in [0.05, 0.1) is 5.69 Å². The fourth-order valence-electron chi connectivity index (χ4n) is 2.52. The molecule has 0 aliphatic heterocycles. The van der Waals surface area contributed by atoms with Crippen molar-refractivity contribution in [3.8, 4) is 22.4 Å². The van der Waals surface area contributed by atoms with Gasteiger partial charge in [0, 0.05) is 16.7 Å². The number of hydrogen-bond donors (Lipinski definition) is 1. The van der Waals surface area contributed by atoms with Crippen LogP contribution in [-0.2, 0) is 6.18 Å².